The van der Waals surface area contributed by atoms with E-state index >= 15 is 0 Å². The van der Waals surface area contributed by atoms with Crippen LogP contribution in [0.1, 0.15) is 31.9 Å². The van der Waals surface area contributed by atoms with Gasteiger partial charge < -0.3 is 15.2 Å². The maximum atomic E-state index is 13.4. The lowest BCUT2D eigenvalue weighted by Crippen LogP contribution is -2.29. The van der Waals surface area contributed by atoms with E-state index in [9.17, 15) is 14.3 Å². The van der Waals surface area contributed by atoms with Gasteiger partial charge in [-0.1, -0.05) is 32.0 Å². The predicted octanol–water partition coefficient (Wildman–Crippen LogP) is 2.04. The van der Waals surface area contributed by atoms with Crippen LogP contribution in [0.4, 0.5) is 4.39 Å². The molecule has 0 saturated carbocycles. The number of benzene rings is 1. The Kier molecular flexibility index (Phi) is 7.18. The molecule has 1 aromatic carbocycles. The minimum Gasteiger partial charge on any atom is -0.386 e. The van der Waals surface area contributed by atoms with E-state index in [4.69, 9.17) is 4.74 Å². The summed E-state index contributed by atoms with van der Waals surface area (Å²) in [6, 6.07) is 5.97. The first-order chi connectivity index (χ1) is 9.50. The van der Waals surface area contributed by atoms with Gasteiger partial charge in [0, 0.05) is 25.1 Å². The Bertz CT molecular complexity index is 423. The summed E-state index contributed by atoms with van der Waals surface area (Å²) in [6.45, 7) is 5.02. The van der Waals surface area contributed by atoms with Gasteiger partial charge in [0.25, 0.3) is 0 Å². The lowest BCUT2D eigenvalue weighted by Gasteiger charge is -2.13. The highest BCUT2D eigenvalue weighted by atomic mass is 19.1. The van der Waals surface area contributed by atoms with Gasteiger partial charge in [0.15, 0.2) is 0 Å². The molecule has 1 amide bonds. The standard InChI is InChI=1S/C15H22FNO3/c1-11(2)10-20-8-7-15(19)17-9-14(18)12-5-3-4-6-13(12)16/h3-6,11,14,18H,7-10H2,1-2H3,(H,17,19). The molecule has 1 aromatic rings. The molecule has 0 aliphatic carbocycles. The molecule has 0 aliphatic rings. The second kappa shape index (κ2) is 8.66. The summed E-state index contributed by atoms with van der Waals surface area (Å²) >= 11 is 0. The Hall–Kier alpha value is -1.46. The molecular weight excluding hydrogens is 261 g/mol. The Labute approximate surface area is 119 Å². The number of rotatable bonds is 8. The maximum Gasteiger partial charge on any atom is 0.222 e. The molecule has 0 spiro atoms. The smallest absolute Gasteiger partial charge is 0.222 e. The summed E-state index contributed by atoms with van der Waals surface area (Å²) < 4.78 is 18.7. The van der Waals surface area contributed by atoms with Crippen LogP contribution in [-0.4, -0.2) is 30.8 Å². The summed E-state index contributed by atoms with van der Waals surface area (Å²) in [5, 5.41) is 12.4. The van der Waals surface area contributed by atoms with Crippen LogP contribution in [0.3, 0.4) is 0 Å². The number of amides is 1. The van der Waals surface area contributed by atoms with Gasteiger partial charge in [0.05, 0.1) is 12.7 Å². The lowest BCUT2D eigenvalue weighted by molar-refractivity contribution is -0.122. The normalized spacial score (nSPS) is 12.4. The number of aliphatic hydroxyl groups excluding tert-OH is 1. The van der Waals surface area contributed by atoms with E-state index in [1.54, 1.807) is 12.1 Å². The first-order valence-corrected chi connectivity index (χ1v) is 6.77. The fraction of sp³-hybridized carbons (Fsp3) is 0.533. The number of ether oxygens (including phenoxy) is 1. The van der Waals surface area contributed by atoms with E-state index in [1.165, 1.54) is 12.1 Å². The molecule has 0 aliphatic heterocycles. The van der Waals surface area contributed by atoms with E-state index in [0.717, 1.165) is 0 Å². The van der Waals surface area contributed by atoms with Crippen LogP contribution >= 0.6 is 0 Å². The highest BCUT2D eigenvalue weighted by Crippen LogP contribution is 2.15. The van der Waals surface area contributed by atoms with Crippen molar-refractivity contribution < 1.29 is 19.0 Å². The quantitative estimate of drug-likeness (QED) is 0.718. The van der Waals surface area contributed by atoms with Crippen molar-refractivity contribution >= 4 is 5.91 Å². The van der Waals surface area contributed by atoms with Crippen molar-refractivity contribution in [3.05, 3.63) is 35.6 Å². The van der Waals surface area contributed by atoms with Gasteiger partial charge in [0.2, 0.25) is 5.91 Å². The average molecular weight is 283 g/mol. The fourth-order valence-electron chi connectivity index (χ4n) is 1.64. The van der Waals surface area contributed by atoms with E-state index in [1.807, 2.05) is 13.8 Å². The number of carbonyl (C=O) groups excluding carboxylic acids is 1. The third kappa shape index (κ3) is 6.12. The zero-order valence-corrected chi connectivity index (χ0v) is 11.9. The van der Waals surface area contributed by atoms with Crippen LogP contribution in [0.25, 0.3) is 0 Å². The molecule has 0 radical (unpaired) electrons. The maximum absolute atomic E-state index is 13.4. The monoisotopic (exact) mass is 283 g/mol. The van der Waals surface area contributed by atoms with Crippen molar-refractivity contribution in [1.82, 2.24) is 5.32 Å². The summed E-state index contributed by atoms with van der Waals surface area (Å²) in [6.07, 6.45) is -0.812. The summed E-state index contributed by atoms with van der Waals surface area (Å²) in [4.78, 5) is 11.5. The molecule has 4 nitrogen and oxygen atoms in total. The van der Waals surface area contributed by atoms with E-state index < -0.39 is 11.9 Å². The zero-order valence-electron chi connectivity index (χ0n) is 11.9. The van der Waals surface area contributed by atoms with Crippen molar-refractivity contribution in [3.8, 4) is 0 Å². The van der Waals surface area contributed by atoms with Gasteiger partial charge in [0.1, 0.15) is 5.82 Å². The highest BCUT2D eigenvalue weighted by molar-refractivity contribution is 5.75. The van der Waals surface area contributed by atoms with Gasteiger partial charge in [-0.3, -0.25) is 4.79 Å². The lowest BCUT2D eigenvalue weighted by atomic mass is 10.1. The molecule has 1 rings (SSSR count). The van der Waals surface area contributed by atoms with Crippen molar-refractivity contribution in [3.63, 3.8) is 0 Å². The third-order valence-corrected chi connectivity index (χ3v) is 2.68. The topological polar surface area (TPSA) is 58.6 Å². The van der Waals surface area contributed by atoms with Crippen LogP contribution in [0.5, 0.6) is 0 Å². The Balaban J connectivity index is 2.25. The SMILES string of the molecule is CC(C)COCCC(=O)NCC(O)c1ccccc1F. The van der Waals surface area contributed by atoms with E-state index in [-0.39, 0.29) is 24.4 Å². The second-order valence-electron chi connectivity index (χ2n) is 5.06. The molecule has 1 unspecified atom stereocenters. The molecule has 1 atom stereocenters. The van der Waals surface area contributed by atoms with E-state index in [2.05, 4.69) is 5.32 Å². The zero-order chi connectivity index (χ0) is 15.0. The molecule has 0 fully saturated rings. The Morgan fingerprint density at radius 2 is 2.10 bits per heavy atom. The Morgan fingerprint density at radius 3 is 2.75 bits per heavy atom. The summed E-state index contributed by atoms with van der Waals surface area (Å²) in [5.74, 6) is -0.264. The first-order valence-electron chi connectivity index (χ1n) is 6.77. The number of aliphatic hydroxyl groups is 1. The number of nitrogens with one attached hydrogen (secondary N) is 1. The van der Waals surface area contributed by atoms with Gasteiger partial charge in [-0.2, -0.15) is 0 Å². The molecule has 0 heterocycles. The van der Waals surface area contributed by atoms with Crippen molar-refractivity contribution in [2.45, 2.75) is 26.4 Å². The molecule has 0 aromatic heterocycles. The van der Waals surface area contributed by atoms with Crippen LogP contribution < -0.4 is 5.32 Å². The Morgan fingerprint density at radius 1 is 1.40 bits per heavy atom. The number of hydrogen-bond donors (Lipinski definition) is 2. The molecular formula is C15H22FNO3. The van der Waals surface area contributed by atoms with Crippen molar-refractivity contribution in [2.24, 2.45) is 5.92 Å². The summed E-state index contributed by atoms with van der Waals surface area (Å²) in [5.41, 5.74) is 0.184. The fourth-order valence-corrected chi connectivity index (χ4v) is 1.64. The van der Waals surface area contributed by atoms with Gasteiger partial charge in [-0.05, 0) is 12.0 Å². The number of halogens is 1. The minimum absolute atomic E-state index is 0.00997. The summed E-state index contributed by atoms with van der Waals surface area (Å²) in [7, 11) is 0. The second-order valence-corrected chi connectivity index (χ2v) is 5.06. The average Bonchev–Trinajstić information content (AvgIpc) is 2.41. The predicted molar refractivity (Wildman–Crippen MR) is 74.6 cm³/mol. The van der Waals surface area contributed by atoms with Gasteiger partial charge in [-0.25, -0.2) is 4.39 Å². The van der Waals surface area contributed by atoms with Crippen molar-refractivity contribution in [1.29, 1.82) is 0 Å². The molecule has 5 heteroatoms. The number of hydrogen-bond acceptors (Lipinski definition) is 3. The highest BCUT2D eigenvalue weighted by Gasteiger charge is 2.13. The molecule has 20 heavy (non-hydrogen) atoms. The van der Waals surface area contributed by atoms with Crippen LogP contribution in [-0.2, 0) is 9.53 Å². The van der Waals surface area contributed by atoms with Gasteiger partial charge in [-0.15, -0.1) is 0 Å². The third-order valence-electron chi connectivity index (χ3n) is 2.68. The molecule has 0 bridgehead atoms. The molecule has 0 saturated heterocycles. The minimum atomic E-state index is -1.04. The molecule has 2 N–H and O–H groups in total. The van der Waals surface area contributed by atoms with Crippen LogP contribution in [0.2, 0.25) is 0 Å². The first kappa shape index (κ1) is 16.6. The van der Waals surface area contributed by atoms with Crippen LogP contribution in [0, 0.1) is 11.7 Å². The van der Waals surface area contributed by atoms with Gasteiger partial charge >= 0.3 is 0 Å². The van der Waals surface area contributed by atoms with Crippen LogP contribution in [0.15, 0.2) is 24.3 Å². The largest absolute Gasteiger partial charge is 0.386 e. The van der Waals surface area contributed by atoms with Crippen molar-refractivity contribution in [2.75, 3.05) is 19.8 Å². The number of carbonyl (C=O) groups is 1. The molecule has 112 valence electrons. The van der Waals surface area contributed by atoms with E-state index in [0.29, 0.717) is 19.1 Å².